The predicted octanol–water partition coefficient (Wildman–Crippen LogP) is 4.23. The van der Waals surface area contributed by atoms with Gasteiger partial charge in [0.2, 0.25) is 0 Å². The van der Waals surface area contributed by atoms with Crippen LogP contribution in [0.2, 0.25) is 0 Å². The van der Waals surface area contributed by atoms with E-state index in [1.807, 2.05) is 0 Å². The third-order valence-corrected chi connectivity index (χ3v) is 4.06. The van der Waals surface area contributed by atoms with Gasteiger partial charge in [0, 0.05) is 19.6 Å². The number of aryl methyl sites for hydroxylation is 1. The Kier molecular flexibility index (Phi) is 7.98. The standard InChI is InChI=1S/C19H34N2/c1-6-12-19(4,15-20-13-7-2)16-21(5)14-18-10-8-17(3)9-11-18/h8-11,20H,6-7,12-16H2,1-5H3. The van der Waals surface area contributed by atoms with Gasteiger partial charge in [-0.15, -0.1) is 0 Å². The van der Waals surface area contributed by atoms with Crippen molar-refractivity contribution in [3.63, 3.8) is 0 Å². The molecule has 0 fully saturated rings. The van der Waals surface area contributed by atoms with E-state index in [0.717, 1.165) is 26.2 Å². The molecule has 1 unspecified atom stereocenters. The monoisotopic (exact) mass is 290 g/mol. The topological polar surface area (TPSA) is 15.3 Å². The van der Waals surface area contributed by atoms with Gasteiger partial charge in [0.1, 0.15) is 0 Å². The van der Waals surface area contributed by atoms with Crippen molar-refractivity contribution in [2.45, 2.75) is 53.5 Å². The van der Waals surface area contributed by atoms with Crippen molar-refractivity contribution < 1.29 is 0 Å². The highest BCUT2D eigenvalue weighted by atomic mass is 15.1. The third-order valence-electron chi connectivity index (χ3n) is 4.06. The number of hydrogen-bond acceptors (Lipinski definition) is 2. The first-order valence-electron chi connectivity index (χ1n) is 8.44. The van der Waals surface area contributed by atoms with Crippen LogP contribution in [-0.2, 0) is 6.54 Å². The van der Waals surface area contributed by atoms with Crippen LogP contribution in [0, 0.1) is 12.3 Å². The van der Waals surface area contributed by atoms with Gasteiger partial charge in [0.15, 0.2) is 0 Å². The molecule has 0 radical (unpaired) electrons. The Balaban J connectivity index is 2.54. The second-order valence-electron chi connectivity index (χ2n) is 6.90. The van der Waals surface area contributed by atoms with E-state index in [2.05, 4.69) is 69.2 Å². The Bertz CT molecular complexity index is 385. The molecule has 0 aliphatic carbocycles. The molecule has 1 rings (SSSR count). The molecule has 0 saturated carbocycles. The molecular formula is C19H34N2. The van der Waals surface area contributed by atoms with Gasteiger partial charge in [-0.25, -0.2) is 0 Å². The molecule has 0 heterocycles. The fourth-order valence-electron chi connectivity index (χ4n) is 3.11. The minimum absolute atomic E-state index is 0.364. The van der Waals surface area contributed by atoms with Crippen LogP contribution in [0.4, 0.5) is 0 Å². The highest BCUT2D eigenvalue weighted by Crippen LogP contribution is 2.24. The number of benzene rings is 1. The normalized spacial score (nSPS) is 14.4. The molecule has 0 aliphatic heterocycles. The van der Waals surface area contributed by atoms with Crippen molar-refractivity contribution in [3.8, 4) is 0 Å². The summed E-state index contributed by atoms with van der Waals surface area (Å²) >= 11 is 0. The lowest BCUT2D eigenvalue weighted by Gasteiger charge is -2.34. The van der Waals surface area contributed by atoms with E-state index < -0.39 is 0 Å². The van der Waals surface area contributed by atoms with Crippen molar-refractivity contribution in [1.29, 1.82) is 0 Å². The SMILES string of the molecule is CCCNCC(C)(CCC)CN(C)Cc1ccc(C)cc1. The van der Waals surface area contributed by atoms with Crippen molar-refractivity contribution in [2.75, 3.05) is 26.7 Å². The minimum atomic E-state index is 0.364. The van der Waals surface area contributed by atoms with Gasteiger partial charge in [-0.05, 0) is 44.3 Å². The first kappa shape index (κ1) is 18.2. The van der Waals surface area contributed by atoms with Gasteiger partial charge in [0.25, 0.3) is 0 Å². The fourth-order valence-corrected chi connectivity index (χ4v) is 3.11. The zero-order valence-corrected chi connectivity index (χ0v) is 14.7. The van der Waals surface area contributed by atoms with Gasteiger partial charge in [-0.3, -0.25) is 0 Å². The summed E-state index contributed by atoms with van der Waals surface area (Å²) in [5.74, 6) is 0. The molecule has 0 aromatic heterocycles. The maximum absolute atomic E-state index is 3.61. The largest absolute Gasteiger partial charge is 0.316 e. The Morgan fingerprint density at radius 1 is 1.10 bits per heavy atom. The Hall–Kier alpha value is -0.860. The molecule has 0 saturated heterocycles. The molecule has 1 aromatic rings. The van der Waals surface area contributed by atoms with Crippen LogP contribution in [0.5, 0.6) is 0 Å². The van der Waals surface area contributed by atoms with Crippen LogP contribution >= 0.6 is 0 Å². The van der Waals surface area contributed by atoms with Crippen LogP contribution in [0.15, 0.2) is 24.3 Å². The number of nitrogens with one attached hydrogen (secondary N) is 1. The van der Waals surface area contributed by atoms with Gasteiger partial charge in [-0.1, -0.05) is 57.0 Å². The molecule has 1 N–H and O–H groups in total. The van der Waals surface area contributed by atoms with Gasteiger partial charge >= 0.3 is 0 Å². The van der Waals surface area contributed by atoms with Crippen LogP contribution in [0.25, 0.3) is 0 Å². The van der Waals surface area contributed by atoms with Crippen LogP contribution in [-0.4, -0.2) is 31.6 Å². The number of hydrogen-bond donors (Lipinski definition) is 1. The first-order valence-corrected chi connectivity index (χ1v) is 8.44. The summed E-state index contributed by atoms with van der Waals surface area (Å²) in [6.07, 6.45) is 3.74. The maximum atomic E-state index is 3.61. The van der Waals surface area contributed by atoms with Gasteiger partial charge in [-0.2, -0.15) is 0 Å². The minimum Gasteiger partial charge on any atom is -0.316 e. The first-order chi connectivity index (χ1) is 9.99. The van der Waals surface area contributed by atoms with Crippen molar-refractivity contribution in [3.05, 3.63) is 35.4 Å². The lowest BCUT2D eigenvalue weighted by atomic mass is 9.84. The Morgan fingerprint density at radius 2 is 1.76 bits per heavy atom. The van der Waals surface area contributed by atoms with Crippen LogP contribution in [0.3, 0.4) is 0 Å². The summed E-state index contributed by atoms with van der Waals surface area (Å²) in [4.78, 5) is 2.47. The van der Waals surface area contributed by atoms with E-state index in [0.29, 0.717) is 5.41 Å². The maximum Gasteiger partial charge on any atom is 0.0230 e. The van der Waals surface area contributed by atoms with E-state index in [1.54, 1.807) is 0 Å². The molecule has 1 atom stereocenters. The molecule has 21 heavy (non-hydrogen) atoms. The molecule has 1 aromatic carbocycles. The smallest absolute Gasteiger partial charge is 0.0230 e. The van der Waals surface area contributed by atoms with E-state index in [-0.39, 0.29) is 0 Å². The Labute approximate surface area is 131 Å². The molecule has 0 bridgehead atoms. The quantitative estimate of drug-likeness (QED) is 0.649. The molecule has 0 aliphatic rings. The second kappa shape index (κ2) is 9.22. The Morgan fingerprint density at radius 3 is 2.33 bits per heavy atom. The average molecular weight is 290 g/mol. The second-order valence-corrected chi connectivity index (χ2v) is 6.90. The zero-order valence-electron chi connectivity index (χ0n) is 14.7. The average Bonchev–Trinajstić information content (AvgIpc) is 2.41. The van der Waals surface area contributed by atoms with Crippen molar-refractivity contribution in [1.82, 2.24) is 10.2 Å². The summed E-state index contributed by atoms with van der Waals surface area (Å²) in [6.45, 7) is 13.5. The van der Waals surface area contributed by atoms with E-state index in [9.17, 15) is 0 Å². The van der Waals surface area contributed by atoms with E-state index in [4.69, 9.17) is 0 Å². The van der Waals surface area contributed by atoms with Crippen molar-refractivity contribution in [2.24, 2.45) is 5.41 Å². The number of rotatable bonds is 10. The molecule has 0 amide bonds. The fraction of sp³-hybridized carbons (Fsp3) is 0.684. The summed E-state index contributed by atoms with van der Waals surface area (Å²) in [5, 5.41) is 3.61. The zero-order chi connectivity index (χ0) is 15.7. The predicted molar refractivity (Wildman–Crippen MR) is 93.7 cm³/mol. The summed E-state index contributed by atoms with van der Waals surface area (Å²) in [6, 6.07) is 8.91. The summed E-state index contributed by atoms with van der Waals surface area (Å²) < 4.78 is 0. The van der Waals surface area contributed by atoms with Crippen LogP contribution in [0.1, 0.15) is 51.2 Å². The molecule has 2 nitrogen and oxygen atoms in total. The van der Waals surface area contributed by atoms with Gasteiger partial charge in [0.05, 0.1) is 0 Å². The molecule has 0 spiro atoms. The lowest BCUT2D eigenvalue weighted by Crippen LogP contribution is -2.41. The van der Waals surface area contributed by atoms with Crippen molar-refractivity contribution >= 4 is 0 Å². The summed E-state index contributed by atoms with van der Waals surface area (Å²) in [5.41, 5.74) is 3.10. The number of nitrogens with zero attached hydrogens (tertiary/aromatic N) is 1. The molecule has 120 valence electrons. The third kappa shape index (κ3) is 7.10. The highest BCUT2D eigenvalue weighted by Gasteiger charge is 2.24. The van der Waals surface area contributed by atoms with E-state index in [1.165, 1.54) is 30.4 Å². The van der Waals surface area contributed by atoms with Gasteiger partial charge < -0.3 is 10.2 Å². The summed E-state index contributed by atoms with van der Waals surface area (Å²) in [7, 11) is 2.24. The van der Waals surface area contributed by atoms with Crippen LogP contribution < -0.4 is 5.32 Å². The molecular weight excluding hydrogens is 256 g/mol. The highest BCUT2D eigenvalue weighted by molar-refractivity contribution is 5.21. The lowest BCUT2D eigenvalue weighted by molar-refractivity contribution is 0.168. The molecule has 2 heteroatoms. The van der Waals surface area contributed by atoms with E-state index >= 15 is 0 Å².